The molecule has 0 aliphatic carbocycles. The van der Waals surface area contributed by atoms with Crippen molar-refractivity contribution < 1.29 is 14.6 Å². The van der Waals surface area contributed by atoms with E-state index in [1.54, 1.807) is 13.0 Å². The highest BCUT2D eigenvalue weighted by Crippen LogP contribution is 2.27. The molecule has 0 saturated heterocycles. The quantitative estimate of drug-likeness (QED) is 0.853. The van der Waals surface area contributed by atoms with Crippen LogP contribution in [0.5, 0.6) is 5.88 Å². The molecule has 0 aliphatic heterocycles. The fourth-order valence-corrected chi connectivity index (χ4v) is 1.41. The van der Waals surface area contributed by atoms with Crippen LogP contribution in [0.15, 0.2) is 6.07 Å². The van der Waals surface area contributed by atoms with Crippen molar-refractivity contribution in [1.82, 2.24) is 10.2 Å². The number of hydrogen-bond donors (Lipinski definition) is 1. The second kappa shape index (κ2) is 4.93. The van der Waals surface area contributed by atoms with Gasteiger partial charge in [-0.15, -0.1) is 10.2 Å². The number of rotatable bonds is 4. The number of carboxylic acids is 1. The summed E-state index contributed by atoms with van der Waals surface area (Å²) in [6.45, 7) is 1.77. The fourth-order valence-electron chi connectivity index (χ4n) is 1.25. The maximum Gasteiger partial charge on any atom is 0.303 e. The average molecular weight is 231 g/mol. The Morgan fingerprint density at radius 3 is 2.87 bits per heavy atom. The van der Waals surface area contributed by atoms with E-state index >= 15 is 0 Å². The summed E-state index contributed by atoms with van der Waals surface area (Å²) in [7, 11) is 1.45. The summed E-state index contributed by atoms with van der Waals surface area (Å²) in [5, 5.41) is 16.2. The summed E-state index contributed by atoms with van der Waals surface area (Å²) >= 11 is 5.68. The van der Waals surface area contributed by atoms with Crippen molar-refractivity contribution >= 4 is 17.6 Å². The van der Waals surface area contributed by atoms with E-state index in [9.17, 15) is 4.79 Å². The third-order valence-corrected chi connectivity index (χ3v) is 2.15. The van der Waals surface area contributed by atoms with Gasteiger partial charge in [0.05, 0.1) is 13.5 Å². The van der Waals surface area contributed by atoms with Crippen LogP contribution >= 0.6 is 11.6 Å². The number of carbonyl (C=O) groups is 1. The van der Waals surface area contributed by atoms with E-state index < -0.39 is 5.97 Å². The monoisotopic (exact) mass is 230 g/mol. The highest BCUT2D eigenvalue weighted by Gasteiger charge is 2.16. The molecule has 1 N–H and O–H groups in total. The first-order valence-corrected chi connectivity index (χ1v) is 4.71. The Hall–Kier alpha value is -1.36. The lowest BCUT2D eigenvalue weighted by molar-refractivity contribution is -0.137. The van der Waals surface area contributed by atoms with Crippen LogP contribution in [0, 0.1) is 0 Å². The van der Waals surface area contributed by atoms with Crippen molar-refractivity contribution in [3.63, 3.8) is 0 Å². The Morgan fingerprint density at radius 1 is 1.67 bits per heavy atom. The van der Waals surface area contributed by atoms with Gasteiger partial charge in [0.25, 0.3) is 0 Å². The Balaban J connectivity index is 2.99. The third-order valence-electron chi connectivity index (χ3n) is 1.96. The minimum Gasteiger partial charge on any atom is -0.481 e. The van der Waals surface area contributed by atoms with Crippen molar-refractivity contribution in [2.45, 2.75) is 19.3 Å². The van der Waals surface area contributed by atoms with E-state index in [0.29, 0.717) is 11.4 Å². The van der Waals surface area contributed by atoms with E-state index in [1.807, 2.05) is 0 Å². The molecule has 1 aromatic rings. The van der Waals surface area contributed by atoms with Crippen LogP contribution in [-0.4, -0.2) is 28.4 Å². The summed E-state index contributed by atoms with van der Waals surface area (Å²) in [6, 6.07) is 1.57. The van der Waals surface area contributed by atoms with Gasteiger partial charge in [0, 0.05) is 5.56 Å². The maximum absolute atomic E-state index is 10.6. The molecule has 82 valence electrons. The molecule has 0 saturated carbocycles. The molecule has 6 heteroatoms. The van der Waals surface area contributed by atoms with Gasteiger partial charge in [-0.2, -0.15) is 0 Å². The maximum atomic E-state index is 10.6. The van der Waals surface area contributed by atoms with Gasteiger partial charge < -0.3 is 9.84 Å². The average Bonchev–Trinajstić information content (AvgIpc) is 2.16. The second-order valence-corrected chi connectivity index (χ2v) is 3.52. The van der Waals surface area contributed by atoms with Crippen LogP contribution in [0.25, 0.3) is 0 Å². The molecule has 0 bridgehead atoms. The van der Waals surface area contributed by atoms with Gasteiger partial charge in [0.15, 0.2) is 5.15 Å². The molecule has 0 aliphatic rings. The number of methoxy groups -OCH3 is 1. The number of aliphatic carboxylic acids is 1. The number of aromatic nitrogens is 2. The lowest BCUT2D eigenvalue weighted by Gasteiger charge is -2.11. The normalized spacial score (nSPS) is 12.2. The second-order valence-electron chi connectivity index (χ2n) is 3.13. The summed E-state index contributed by atoms with van der Waals surface area (Å²) < 4.78 is 4.98. The number of ether oxygens (including phenoxy) is 1. The fraction of sp³-hybridized carbons (Fsp3) is 0.444. The van der Waals surface area contributed by atoms with Crippen LogP contribution in [0.3, 0.4) is 0 Å². The Bertz CT molecular complexity index is 370. The number of carboxylic acid groups (broad SMARTS) is 1. The molecular weight excluding hydrogens is 220 g/mol. The molecule has 1 aromatic heterocycles. The Morgan fingerprint density at radius 2 is 2.33 bits per heavy atom. The first-order valence-electron chi connectivity index (χ1n) is 4.33. The summed E-state index contributed by atoms with van der Waals surface area (Å²) in [4.78, 5) is 10.6. The molecule has 1 rings (SSSR count). The molecule has 5 nitrogen and oxygen atoms in total. The Kier molecular flexibility index (Phi) is 3.85. The van der Waals surface area contributed by atoms with Crippen LogP contribution in [0.4, 0.5) is 0 Å². The van der Waals surface area contributed by atoms with Gasteiger partial charge in [-0.1, -0.05) is 18.5 Å². The SMILES string of the molecule is COc1nnc(Cl)cc1C(C)CC(=O)O. The van der Waals surface area contributed by atoms with E-state index in [1.165, 1.54) is 7.11 Å². The van der Waals surface area contributed by atoms with E-state index in [4.69, 9.17) is 21.4 Å². The molecular formula is C9H11ClN2O3. The molecule has 0 spiro atoms. The zero-order chi connectivity index (χ0) is 11.4. The molecule has 1 atom stereocenters. The van der Waals surface area contributed by atoms with E-state index in [-0.39, 0.29) is 17.5 Å². The third kappa shape index (κ3) is 3.06. The first kappa shape index (κ1) is 11.7. The topological polar surface area (TPSA) is 72.3 Å². The van der Waals surface area contributed by atoms with Gasteiger partial charge in [-0.05, 0) is 12.0 Å². The molecule has 15 heavy (non-hydrogen) atoms. The first-order chi connectivity index (χ1) is 7.04. The zero-order valence-electron chi connectivity index (χ0n) is 8.40. The van der Waals surface area contributed by atoms with Crippen LogP contribution < -0.4 is 4.74 Å². The lowest BCUT2D eigenvalue weighted by Crippen LogP contribution is -2.06. The predicted molar refractivity (Wildman–Crippen MR) is 54.3 cm³/mol. The predicted octanol–water partition coefficient (Wildman–Crippen LogP) is 1.72. The van der Waals surface area contributed by atoms with E-state index in [0.717, 1.165) is 0 Å². The molecule has 1 heterocycles. The molecule has 0 amide bonds. The van der Waals surface area contributed by atoms with Crippen molar-refractivity contribution in [2.75, 3.05) is 7.11 Å². The Labute approximate surface area is 92.0 Å². The largest absolute Gasteiger partial charge is 0.481 e. The smallest absolute Gasteiger partial charge is 0.303 e. The molecule has 0 radical (unpaired) electrons. The highest BCUT2D eigenvalue weighted by molar-refractivity contribution is 6.29. The lowest BCUT2D eigenvalue weighted by atomic mass is 10.00. The van der Waals surface area contributed by atoms with Crippen molar-refractivity contribution in [1.29, 1.82) is 0 Å². The number of hydrogen-bond acceptors (Lipinski definition) is 4. The standard InChI is InChI=1S/C9H11ClN2O3/c1-5(3-8(13)14)6-4-7(10)11-12-9(6)15-2/h4-5H,3H2,1-2H3,(H,13,14). The van der Waals surface area contributed by atoms with Gasteiger partial charge >= 0.3 is 5.97 Å². The molecule has 0 fully saturated rings. The van der Waals surface area contributed by atoms with Gasteiger partial charge in [-0.3, -0.25) is 4.79 Å². The van der Waals surface area contributed by atoms with Crippen LogP contribution in [0.1, 0.15) is 24.8 Å². The van der Waals surface area contributed by atoms with Crippen LogP contribution in [0.2, 0.25) is 5.15 Å². The van der Waals surface area contributed by atoms with Crippen molar-refractivity contribution in [2.24, 2.45) is 0 Å². The highest BCUT2D eigenvalue weighted by atomic mass is 35.5. The minimum absolute atomic E-state index is 0.00160. The van der Waals surface area contributed by atoms with Crippen molar-refractivity contribution in [3.8, 4) is 5.88 Å². The zero-order valence-corrected chi connectivity index (χ0v) is 9.15. The molecule has 0 aromatic carbocycles. The van der Waals surface area contributed by atoms with E-state index in [2.05, 4.69) is 10.2 Å². The van der Waals surface area contributed by atoms with Crippen LogP contribution in [-0.2, 0) is 4.79 Å². The number of halogens is 1. The summed E-state index contributed by atoms with van der Waals surface area (Å²) in [5.74, 6) is -0.781. The van der Waals surface area contributed by atoms with Gasteiger partial charge in [-0.25, -0.2) is 0 Å². The number of nitrogens with zero attached hydrogens (tertiary/aromatic N) is 2. The van der Waals surface area contributed by atoms with Gasteiger partial charge in [0.1, 0.15) is 0 Å². The minimum atomic E-state index is -0.877. The molecule has 1 unspecified atom stereocenters. The summed E-state index contributed by atoms with van der Waals surface area (Å²) in [6.07, 6.45) is -0.00160. The van der Waals surface area contributed by atoms with Gasteiger partial charge in [0.2, 0.25) is 5.88 Å². The summed E-state index contributed by atoms with van der Waals surface area (Å²) in [5.41, 5.74) is 0.653. The van der Waals surface area contributed by atoms with Crippen molar-refractivity contribution in [3.05, 3.63) is 16.8 Å².